The normalized spacial score (nSPS) is 12.8. The molecule has 3 rings (SSSR count). The molecule has 0 bridgehead atoms. The third-order valence-electron chi connectivity index (χ3n) is 4.02. The van der Waals surface area contributed by atoms with Gasteiger partial charge in [-0.05, 0) is 48.2 Å². The van der Waals surface area contributed by atoms with Crippen molar-refractivity contribution in [2.45, 2.75) is 26.4 Å². The summed E-state index contributed by atoms with van der Waals surface area (Å²) in [5.74, 6) is -0.752. The van der Waals surface area contributed by atoms with Crippen LogP contribution in [0.3, 0.4) is 0 Å². The van der Waals surface area contributed by atoms with E-state index in [0.29, 0.717) is 34.5 Å². The first-order valence-corrected chi connectivity index (χ1v) is 7.78. The molecule has 1 atom stereocenters. The highest BCUT2D eigenvalue weighted by Crippen LogP contribution is 2.26. The minimum absolute atomic E-state index is 0.0399. The summed E-state index contributed by atoms with van der Waals surface area (Å²) in [6, 6.07) is 9.21. The van der Waals surface area contributed by atoms with Crippen LogP contribution in [0.25, 0.3) is 21.9 Å². The van der Waals surface area contributed by atoms with E-state index in [2.05, 4.69) is 0 Å². The molecule has 5 heteroatoms. The first-order chi connectivity index (χ1) is 11.4. The number of aliphatic hydroxyl groups excluding tert-OH is 1. The topological polar surface area (TPSA) is 87.7 Å². The molecule has 124 valence electrons. The molecule has 3 aromatic rings. The van der Waals surface area contributed by atoms with Crippen LogP contribution in [0.2, 0.25) is 0 Å². The summed E-state index contributed by atoms with van der Waals surface area (Å²) >= 11 is 0. The van der Waals surface area contributed by atoms with Crippen molar-refractivity contribution in [2.24, 2.45) is 5.92 Å². The lowest BCUT2D eigenvalue weighted by atomic mass is 9.98. The van der Waals surface area contributed by atoms with Gasteiger partial charge in [-0.15, -0.1) is 0 Å². The molecule has 1 unspecified atom stereocenters. The maximum atomic E-state index is 12.6. The Kier molecular flexibility index (Phi) is 4.11. The number of carbonyl (C=O) groups is 1. The number of carboxylic acids is 1. The Morgan fingerprint density at radius 1 is 1.08 bits per heavy atom. The van der Waals surface area contributed by atoms with Crippen LogP contribution in [-0.2, 0) is 0 Å². The SMILES string of the molecule is CC(C)CC(O)c1ccc2c(=O)c3cc(C(=O)O)ccc3oc2c1. The van der Waals surface area contributed by atoms with Gasteiger partial charge in [-0.3, -0.25) is 4.79 Å². The van der Waals surface area contributed by atoms with Crippen molar-refractivity contribution in [3.63, 3.8) is 0 Å². The molecule has 0 saturated heterocycles. The molecular formula is C19H18O5. The van der Waals surface area contributed by atoms with E-state index in [-0.39, 0.29) is 16.4 Å². The van der Waals surface area contributed by atoms with Gasteiger partial charge in [0.25, 0.3) is 0 Å². The fraction of sp³-hybridized carbons (Fsp3) is 0.263. The summed E-state index contributed by atoms with van der Waals surface area (Å²) in [5.41, 5.74) is 1.17. The van der Waals surface area contributed by atoms with Crippen LogP contribution >= 0.6 is 0 Å². The number of benzene rings is 2. The lowest BCUT2D eigenvalue weighted by molar-refractivity contribution is 0.0697. The number of fused-ring (bicyclic) bond motifs is 2. The maximum absolute atomic E-state index is 12.6. The van der Waals surface area contributed by atoms with Crippen molar-refractivity contribution in [1.29, 1.82) is 0 Å². The first kappa shape index (κ1) is 16.2. The predicted octanol–water partition coefficient (Wildman–Crippen LogP) is 3.72. The quantitative estimate of drug-likeness (QED) is 0.713. The number of aromatic carboxylic acids is 1. The molecule has 2 aromatic carbocycles. The molecule has 24 heavy (non-hydrogen) atoms. The smallest absolute Gasteiger partial charge is 0.335 e. The lowest BCUT2D eigenvalue weighted by Gasteiger charge is -2.13. The van der Waals surface area contributed by atoms with Crippen molar-refractivity contribution in [1.82, 2.24) is 0 Å². The van der Waals surface area contributed by atoms with Gasteiger partial charge in [0.15, 0.2) is 0 Å². The molecule has 2 N–H and O–H groups in total. The summed E-state index contributed by atoms with van der Waals surface area (Å²) in [7, 11) is 0. The zero-order chi connectivity index (χ0) is 17.4. The highest BCUT2D eigenvalue weighted by atomic mass is 16.4. The van der Waals surface area contributed by atoms with Gasteiger partial charge in [0.1, 0.15) is 11.2 Å². The van der Waals surface area contributed by atoms with E-state index in [1.165, 1.54) is 18.2 Å². The van der Waals surface area contributed by atoms with Crippen LogP contribution in [0.5, 0.6) is 0 Å². The van der Waals surface area contributed by atoms with E-state index in [1.54, 1.807) is 18.2 Å². The summed E-state index contributed by atoms with van der Waals surface area (Å²) in [4.78, 5) is 23.7. The Hall–Kier alpha value is -2.66. The van der Waals surface area contributed by atoms with E-state index in [4.69, 9.17) is 9.52 Å². The Balaban J connectivity index is 2.18. The number of hydrogen-bond donors (Lipinski definition) is 2. The second-order valence-corrected chi connectivity index (χ2v) is 6.35. The number of hydrogen-bond acceptors (Lipinski definition) is 4. The van der Waals surface area contributed by atoms with Crippen molar-refractivity contribution >= 4 is 27.9 Å². The molecule has 0 amide bonds. The van der Waals surface area contributed by atoms with Gasteiger partial charge in [-0.25, -0.2) is 4.79 Å². The zero-order valence-corrected chi connectivity index (χ0v) is 13.4. The third-order valence-corrected chi connectivity index (χ3v) is 4.02. The standard InChI is InChI=1S/C19H18O5/c1-10(2)7-15(20)11-3-5-13-17(9-11)24-16-6-4-12(19(22)23)8-14(16)18(13)21/h3-6,8-10,15,20H,7H2,1-2H3,(H,22,23). The minimum atomic E-state index is -1.09. The summed E-state index contributed by atoms with van der Waals surface area (Å²) in [6.45, 7) is 4.05. The number of aliphatic hydroxyl groups is 1. The van der Waals surface area contributed by atoms with Crippen molar-refractivity contribution in [3.05, 3.63) is 57.7 Å². The van der Waals surface area contributed by atoms with Gasteiger partial charge in [-0.2, -0.15) is 0 Å². The first-order valence-electron chi connectivity index (χ1n) is 7.78. The van der Waals surface area contributed by atoms with Crippen LogP contribution in [0.4, 0.5) is 0 Å². The largest absolute Gasteiger partial charge is 0.478 e. The number of rotatable bonds is 4. The van der Waals surface area contributed by atoms with Crippen molar-refractivity contribution in [3.8, 4) is 0 Å². The molecule has 0 saturated carbocycles. The molecule has 0 aliphatic rings. The van der Waals surface area contributed by atoms with Crippen LogP contribution in [-0.4, -0.2) is 16.2 Å². The molecule has 5 nitrogen and oxygen atoms in total. The van der Waals surface area contributed by atoms with Gasteiger partial charge in [0.05, 0.1) is 22.4 Å². The Morgan fingerprint density at radius 3 is 2.50 bits per heavy atom. The average molecular weight is 326 g/mol. The lowest BCUT2D eigenvalue weighted by Crippen LogP contribution is -2.06. The molecule has 0 aliphatic carbocycles. The summed E-state index contributed by atoms with van der Waals surface area (Å²) < 4.78 is 5.75. The van der Waals surface area contributed by atoms with Crippen molar-refractivity contribution < 1.29 is 19.4 Å². The van der Waals surface area contributed by atoms with Gasteiger partial charge < -0.3 is 14.6 Å². The fourth-order valence-corrected chi connectivity index (χ4v) is 2.79. The molecule has 0 spiro atoms. The third kappa shape index (κ3) is 2.90. The molecule has 0 aliphatic heterocycles. The van der Waals surface area contributed by atoms with Gasteiger partial charge in [0, 0.05) is 0 Å². The van der Waals surface area contributed by atoms with E-state index in [0.717, 1.165) is 0 Å². The molecule has 1 heterocycles. The Morgan fingerprint density at radius 2 is 1.83 bits per heavy atom. The van der Waals surface area contributed by atoms with Crippen LogP contribution in [0.1, 0.15) is 42.3 Å². The Bertz CT molecular complexity index is 984. The van der Waals surface area contributed by atoms with Crippen LogP contribution in [0, 0.1) is 5.92 Å². The van der Waals surface area contributed by atoms with E-state index >= 15 is 0 Å². The molecule has 0 fully saturated rings. The van der Waals surface area contributed by atoms with Gasteiger partial charge in [-0.1, -0.05) is 19.9 Å². The minimum Gasteiger partial charge on any atom is -0.478 e. The highest BCUT2D eigenvalue weighted by Gasteiger charge is 2.14. The average Bonchev–Trinajstić information content (AvgIpc) is 2.53. The predicted molar refractivity (Wildman–Crippen MR) is 91.4 cm³/mol. The van der Waals surface area contributed by atoms with Gasteiger partial charge in [0.2, 0.25) is 5.43 Å². The van der Waals surface area contributed by atoms with E-state index in [1.807, 2.05) is 13.8 Å². The summed E-state index contributed by atoms with van der Waals surface area (Å²) in [5, 5.41) is 19.9. The Labute approximate surface area is 138 Å². The second-order valence-electron chi connectivity index (χ2n) is 6.35. The fourth-order valence-electron chi connectivity index (χ4n) is 2.79. The molecule has 1 aromatic heterocycles. The second kappa shape index (κ2) is 6.09. The van der Waals surface area contributed by atoms with E-state index in [9.17, 15) is 14.7 Å². The maximum Gasteiger partial charge on any atom is 0.335 e. The van der Waals surface area contributed by atoms with Gasteiger partial charge >= 0.3 is 5.97 Å². The zero-order valence-electron chi connectivity index (χ0n) is 13.4. The highest BCUT2D eigenvalue weighted by molar-refractivity contribution is 5.96. The summed E-state index contributed by atoms with van der Waals surface area (Å²) in [6.07, 6.45) is -0.00421. The van der Waals surface area contributed by atoms with Crippen LogP contribution < -0.4 is 5.43 Å². The molecular weight excluding hydrogens is 308 g/mol. The van der Waals surface area contributed by atoms with E-state index < -0.39 is 12.1 Å². The monoisotopic (exact) mass is 326 g/mol. The van der Waals surface area contributed by atoms with Crippen LogP contribution in [0.15, 0.2) is 45.6 Å². The molecule has 0 radical (unpaired) electrons. The van der Waals surface area contributed by atoms with Crippen molar-refractivity contribution in [2.75, 3.05) is 0 Å². The number of carboxylic acid groups (broad SMARTS) is 1.